The first-order chi connectivity index (χ1) is 10.0. The Morgan fingerprint density at radius 1 is 1.33 bits per heavy atom. The van der Waals surface area contributed by atoms with Crippen LogP contribution in [0.2, 0.25) is 0 Å². The lowest BCUT2D eigenvalue weighted by molar-refractivity contribution is 0.318. The summed E-state index contributed by atoms with van der Waals surface area (Å²) in [7, 11) is 1.81. The third-order valence-corrected chi connectivity index (χ3v) is 3.90. The number of rotatable bonds is 4. The first-order valence-electron chi connectivity index (χ1n) is 6.25. The minimum Gasteiger partial charge on any atom is -0.409 e. The Balaban J connectivity index is 2.24. The van der Waals surface area contributed by atoms with Crippen LogP contribution in [0, 0.1) is 5.82 Å². The first kappa shape index (κ1) is 15.3. The maximum atomic E-state index is 14.2. The minimum absolute atomic E-state index is 0.117. The van der Waals surface area contributed by atoms with E-state index in [1.807, 2.05) is 24.3 Å². The molecule has 0 aliphatic rings. The first-order valence-corrected chi connectivity index (χ1v) is 7.04. The van der Waals surface area contributed by atoms with Gasteiger partial charge in [0.25, 0.3) is 0 Å². The molecule has 4 nitrogen and oxygen atoms in total. The standard InChI is InChI=1S/C15H15BrFN3O/c1-20(9-11-4-2-3-5-12(11)16)14-7-6-10(8-13(14)17)15(18)19-21/h2-8,21H,9H2,1H3,(H2,18,19). The molecule has 0 saturated carbocycles. The van der Waals surface area contributed by atoms with E-state index in [4.69, 9.17) is 10.9 Å². The Bertz CT molecular complexity index is 676. The molecule has 0 bridgehead atoms. The Labute approximate surface area is 130 Å². The monoisotopic (exact) mass is 351 g/mol. The van der Waals surface area contributed by atoms with Crippen molar-refractivity contribution in [3.05, 3.63) is 63.9 Å². The second kappa shape index (κ2) is 6.58. The van der Waals surface area contributed by atoms with Crippen LogP contribution >= 0.6 is 15.9 Å². The number of benzene rings is 2. The van der Waals surface area contributed by atoms with Crippen LogP contribution in [0.5, 0.6) is 0 Å². The van der Waals surface area contributed by atoms with Crippen LogP contribution < -0.4 is 10.6 Å². The fraction of sp³-hybridized carbons (Fsp3) is 0.133. The maximum absolute atomic E-state index is 14.2. The average Bonchev–Trinajstić information content (AvgIpc) is 2.48. The van der Waals surface area contributed by atoms with E-state index in [-0.39, 0.29) is 5.84 Å². The number of nitrogens with zero attached hydrogens (tertiary/aromatic N) is 2. The predicted molar refractivity (Wildman–Crippen MR) is 85.2 cm³/mol. The van der Waals surface area contributed by atoms with E-state index in [1.165, 1.54) is 6.07 Å². The highest BCUT2D eigenvalue weighted by Gasteiger charge is 2.11. The van der Waals surface area contributed by atoms with Crippen LogP contribution in [0.4, 0.5) is 10.1 Å². The van der Waals surface area contributed by atoms with Gasteiger partial charge in [0.1, 0.15) is 5.82 Å². The molecule has 3 N–H and O–H groups in total. The van der Waals surface area contributed by atoms with Crippen LogP contribution in [0.3, 0.4) is 0 Å². The van der Waals surface area contributed by atoms with E-state index in [1.54, 1.807) is 24.1 Å². The third-order valence-electron chi connectivity index (χ3n) is 3.13. The summed E-state index contributed by atoms with van der Waals surface area (Å²) in [4.78, 5) is 1.80. The summed E-state index contributed by atoms with van der Waals surface area (Å²) in [6, 6.07) is 12.3. The van der Waals surface area contributed by atoms with Gasteiger partial charge in [-0.25, -0.2) is 4.39 Å². The number of hydrogen-bond donors (Lipinski definition) is 2. The molecule has 0 heterocycles. The van der Waals surface area contributed by atoms with Gasteiger partial charge in [0, 0.05) is 23.6 Å². The van der Waals surface area contributed by atoms with Crippen molar-refractivity contribution in [3.8, 4) is 0 Å². The van der Waals surface area contributed by atoms with Crippen LogP contribution in [0.15, 0.2) is 52.1 Å². The largest absolute Gasteiger partial charge is 0.409 e. The summed E-state index contributed by atoms with van der Waals surface area (Å²) >= 11 is 3.48. The number of oxime groups is 1. The molecule has 2 aromatic carbocycles. The molecular formula is C15H15BrFN3O. The molecule has 0 atom stereocenters. The van der Waals surface area contributed by atoms with Gasteiger partial charge in [-0.15, -0.1) is 0 Å². The lowest BCUT2D eigenvalue weighted by Crippen LogP contribution is -2.19. The van der Waals surface area contributed by atoms with Crippen molar-refractivity contribution in [2.45, 2.75) is 6.54 Å². The lowest BCUT2D eigenvalue weighted by Gasteiger charge is -2.21. The van der Waals surface area contributed by atoms with Gasteiger partial charge in [-0.1, -0.05) is 39.3 Å². The van der Waals surface area contributed by atoms with Crippen molar-refractivity contribution < 1.29 is 9.60 Å². The molecule has 0 spiro atoms. The van der Waals surface area contributed by atoms with E-state index >= 15 is 0 Å². The molecule has 110 valence electrons. The van der Waals surface area contributed by atoms with E-state index in [9.17, 15) is 4.39 Å². The van der Waals surface area contributed by atoms with Crippen molar-refractivity contribution in [1.29, 1.82) is 0 Å². The highest BCUT2D eigenvalue weighted by Crippen LogP contribution is 2.24. The topological polar surface area (TPSA) is 61.8 Å². The summed E-state index contributed by atoms with van der Waals surface area (Å²) < 4.78 is 15.1. The van der Waals surface area contributed by atoms with E-state index < -0.39 is 5.82 Å². The second-order valence-electron chi connectivity index (χ2n) is 4.60. The Kier molecular flexibility index (Phi) is 4.80. The van der Waals surface area contributed by atoms with Crippen molar-refractivity contribution in [2.24, 2.45) is 10.9 Å². The van der Waals surface area contributed by atoms with Crippen LogP contribution in [0.25, 0.3) is 0 Å². The summed E-state index contributed by atoms with van der Waals surface area (Å²) in [5, 5.41) is 11.5. The number of hydrogen-bond acceptors (Lipinski definition) is 3. The van der Waals surface area contributed by atoms with Crippen molar-refractivity contribution >= 4 is 27.5 Å². The third kappa shape index (κ3) is 3.52. The zero-order valence-electron chi connectivity index (χ0n) is 11.4. The molecule has 2 rings (SSSR count). The summed E-state index contributed by atoms with van der Waals surface area (Å²) in [5.74, 6) is -0.539. The number of anilines is 1. The van der Waals surface area contributed by atoms with Gasteiger partial charge in [-0.2, -0.15) is 0 Å². The van der Waals surface area contributed by atoms with Gasteiger partial charge < -0.3 is 15.8 Å². The fourth-order valence-electron chi connectivity index (χ4n) is 2.00. The van der Waals surface area contributed by atoms with Gasteiger partial charge in [-0.05, 0) is 29.8 Å². The van der Waals surface area contributed by atoms with Gasteiger partial charge in [-0.3, -0.25) is 0 Å². The second-order valence-corrected chi connectivity index (χ2v) is 5.45. The lowest BCUT2D eigenvalue weighted by atomic mass is 10.1. The average molecular weight is 352 g/mol. The molecule has 0 fully saturated rings. The fourth-order valence-corrected chi connectivity index (χ4v) is 2.41. The highest BCUT2D eigenvalue weighted by atomic mass is 79.9. The molecule has 0 amide bonds. The Morgan fingerprint density at radius 3 is 2.67 bits per heavy atom. The molecule has 0 radical (unpaired) electrons. The van der Waals surface area contributed by atoms with Gasteiger partial charge >= 0.3 is 0 Å². The highest BCUT2D eigenvalue weighted by molar-refractivity contribution is 9.10. The molecule has 0 aliphatic carbocycles. The molecule has 0 unspecified atom stereocenters. The number of nitrogens with two attached hydrogens (primary N) is 1. The van der Waals surface area contributed by atoms with E-state index in [0.717, 1.165) is 10.0 Å². The van der Waals surface area contributed by atoms with Crippen LogP contribution in [-0.2, 0) is 6.54 Å². The zero-order valence-corrected chi connectivity index (χ0v) is 13.0. The number of halogens is 2. The summed E-state index contributed by atoms with van der Waals surface area (Å²) in [6.45, 7) is 0.557. The zero-order chi connectivity index (χ0) is 15.4. The Morgan fingerprint density at radius 2 is 2.05 bits per heavy atom. The van der Waals surface area contributed by atoms with Crippen molar-refractivity contribution in [1.82, 2.24) is 0 Å². The molecule has 21 heavy (non-hydrogen) atoms. The van der Waals surface area contributed by atoms with Crippen molar-refractivity contribution in [3.63, 3.8) is 0 Å². The molecule has 6 heteroatoms. The van der Waals surface area contributed by atoms with Gasteiger partial charge in [0.2, 0.25) is 0 Å². The van der Waals surface area contributed by atoms with E-state index in [0.29, 0.717) is 17.8 Å². The van der Waals surface area contributed by atoms with E-state index in [2.05, 4.69) is 21.1 Å². The van der Waals surface area contributed by atoms with Gasteiger partial charge in [0.05, 0.1) is 5.69 Å². The van der Waals surface area contributed by atoms with Gasteiger partial charge in [0.15, 0.2) is 5.84 Å². The SMILES string of the molecule is CN(Cc1ccccc1Br)c1ccc(C(N)=NO)cc1F. The predicted octanol–water partition coefficient (Wildman–Crippen LogP) is 3.32. The minimum atomic E-state index is -0.423. The number of amidine groups is 1. The van der Waals surface area contributed by atoms with Crippen LogP contribution in [-0.4, -0.2) is 18.1 Å². The molecule has 0 aromatic heterocycles. The van der Waals surface area contributed by atoms with Crippen molar-refractivity contribution in [2.75, 3.05) is 11.9 Å². The molecule has 0 aliphatic heterocycles. The Hall–Kier alpha value is -2.08. The molecular weight excluding hydrogens is 337 g/mol. The smallest absolute Gasteiger partial charge is 0.170 e. The maximum Gasteiger partial charge on any atom is 0.170 e. The molecule has 0 saturated heterocycles. The summed E-state index contributed by atoms with van der Waals surface area (Å²) in [5.41, 5.74) is 7.29. The van der Waals surface area contributed by atoms with Crippen LogP contribution in [0.1, 0.15) is 11.1 Å². The normalized spacial score (nSPS) is 11.5. The molecule has 2 aromatic rings. The summed E-state index contributed by atoms with van der Waals surface area (Å²) in [6.07, 6.45) is 0. The quantitative estimate of drug-likeness (QED) is 0.384.